The Morgan fingerprint density at radius 1 is 1.12 bits per heavy atom. The molecule has 2 rings (SSSR count). The maximum Gasteiger partial charge on any atom is 0.0620 e. The zero-order valence-electron chi connectivity index (χ0n) is 11.2. The van der Waals surface area contributed by atoms with Crippen LogP contribution in [0.25, 0.3) is 0 Å². The van der Waals surface area contributed by atoms with Crippen LogP contribution in [0.15, 0.2) is 0 Å². The van der Waals surface area contributed by atoms with Crippen molar-refractivity contribution in [1.82, 2.24) is 15.1 Å². The molecule has 100 valence electrons. The molecule has 4 heteroatoms. The van der Waals surface area contributed by atoms with E-state index in [-0.39, 0.29) is 0 Å². The van der Waals surface area contributed by atoms with Crippen LogP contribution < -0.4 is 5.32 Å². The van der Waals surface area contributed by atoms with E-state index in [1.807, 2.05) is 0 Å². The van der Waals surface area contributed by atoms with Crippen LogP contribution in [-0.2, 0) is 4.74 Å². The van der Waals surface area contributed by atoms with Gasteiger partial charge in [0.1, 0.15) is 0 Å². The van der Waals surface area contributed by atoms with Crippen molar-refractivity contribution in [3.63, 3.8) is 0 Å². The van der Waals surface area contributed by atoms with Crippen molar-refractivity contribution >= 4 is 0 Å². The molecule has 4 nitrogen and oxygen atoms in total. The zero-order chi connectivity index (χ0) is 11.9. The van der Waals surface area contributed by atoms with Gasteiger partial charge in [0, 0.05) is 38.8 Å². The molecule has 0 amide bonds. The second-order valence-corrected chi connectivity index (χ2v) is 5.20. The summed E-state index contributed by atoms with van der Waals surface area (Å²) < 4.78 is 5.48. The summed E-state index contributed by atoms with van der Waals surface area (Å²) in [7, 11) is 0. The van der Waals surface area contributed by atoms with Gasteiger partial charge in [-0.05, 0) is 25.9 Å². The Kier molecular flexibility index (Phi) is 5.71. The molecule has 0 spiro atoms. The van der Waals surface area contributed by atoms with Gasteiger partial charge in [0.2, 0.25) is 0 Å². The molecule has 0 radical (unpaired) electrons. The van der Waals surface area contributed by atoms with Crippen molar-refractivity contribution in [2.24, 2.45) is 0 Å². The third-order valence-electron chi connectivity index (χ3n) is 3.80. The summed E-state index contributed by atoms with van der Waals surface area (Å²) in [5.41, 5.74) is 0. The lowest BCUT2D eigenvalue weighted by molar-refractivity contribution is 0.0651. The molecule has 1 N–H and O–H groups in total. The number of piperazine rings is 1. The fourth-order valence-electron chi connectivity index (χ4n) is 2.70. The SMILES string of the molecule is CCCN1CCN(CCC2COCCN2)CC1. The van der Waals surface area contributed by atoms with Crippen molar-refractivity contribution in [3.8, 4) is 0 Å². The Labute approximate surface area is 105 Å². The van der Waals surface area contributed by atoms with E-state index in [9.17, 15) is 0 Å². The minimum absolute atomic E-state index is 0.581. The first-order valence-electron chi connectivity index (χ1n) is 7.14. The number of nitrogens with one attached hydrogen (secondary N) is 1. The molecule has 0 aromatic heterocycles. The van der Waals surface area contributed by atoms with Crippen LogP contribution in [0.4, 0.5) is 0 Å². The van der Waals surface area contributed by atoms with Crippen molar-refractivity contribution < 1.29 is 4.74 Å². The van der Waals surface area contributed by atoms with E-state index in [2.05, 4.69) is 22.0 Å². The molecule has 0 aliphatic carbocycles. The van der Waals surface area contributed by atoms with Gasteiger partial charge in [0.05, 0.1) is 13.2 Å². The normalized spacial score (nSPS) is 28.4. The molecule has 2 aliphatic rings. The molecular weight excluding hydrogens is 214 g/mol. The lowest BCUT2D eigenvalue weighted by Gasteiger charge is -2.35. The standard InChI is InChI=1S/C13H27N3O/c1-2-5-15-7-9-16(10-8-15)6-3-13-12-17-11-4-14-13/h13-14H,2-12H2,1H3. The largest absolute Gasteiger partial charge is 0.379 e. The van der Waals surface area contributed by atoms with Gasteiger partial charge in [-0.15, -0.1) is 0 Å². The summed E-state index contributed by atoms with van der Waals surface area (Å²) in [5, 5.41) is 3.53. The van der Waals surface area contributed by atoms with E-state index >= 15 is 0 Å². The number of morpholine rings is 1. The van der Waals surface area contributed by atoms with Crippen LogP contribution in [-0.4, -0.2) is 74.9 Å². The lowest BCUT2D eigenvalue weighted by Crippen LogP contribution is -2.48. The number of ether oxygens (including phenoxy) is 1. The number of hydrogen-bond donors (Lipinski definition) is 1. The van der Waals surface area contributed by atoms with Gasteiger partial charge < -0.3 is 19.9 Å². The Morgan fingerprint density at radius 3 is 2.41 bits per heavy atom. The van der Waals surface area contributed by atoms with Gasteiger partial charge in [-0.2, -0.15) is 0 Å². The van der Waals surface area contributed by atoms with Gasteiger partial charge in [-0.3, -0.25) is 0 Å². The maximum absolute atomic E-state index is 5.48. The Balaban J connectivity index is 1.57. The van der Waals surface area contributed by atoms with Crippen molar-refractivity contribution in [3.05, 3.63) is 0 Å². The third kappa shape index (κ3) is 4.54. The van der Waals surface area contributed by atoms with E-state index < -0.39 is 0 Å². The highest BCUT2D eigenvalue weighted by Crippen LogP contribution is 2.05. The minimum Gasteiger partial charge on any atom is -0.379 e. The van der Waals surface area contributed by atoms with E-state index in [0.29, 0.717) is 6.04 Å². The maximum atomic E-state index is 5.48. The van der Waals surface area contributed by atoms with Crippen LogP contribution in [0.2, 0.25) is 0 Å². The minimum atomic E-state index is 0.581. The first kappa shape index (κ1) is 13.3. The summed E-state index contributed by atoms with van der Waals surface area (Å²) >= 11 is 0. The van der Waals surface area contributed by atoms with E-state index in [1.54, 1.807) is 0 Å². The molecule has 0 bridgehead atoms. The number of rotatable bonds is 5. The second kappa shape index (κ2) is 7.31. The van der Waals surface area contributed by atoms with Crippen LogP contribution in [0.3, 0.4) is 0 Å². The Morgan fingerprint density at radius 2 is 1.82 bits per heavy atom. The molecule has 2 fully saturated rings. The van der Waals surface area contributed by atoms with Gasteiger partial charge in [-0.1, -0.05) is 6.92 Å². The third-order valence-corrected chi connectivity index (χ3v) is 3.80. The molecule has 1 atom stereocenters. The summed E-state index contributed by atoms with van der Waals surface area (Å²) in [4.78, 5) is 5.18. The Hall–Kier alpha value is -0.160. The molecule has 17 heavy (non-hydrogen) atoms. The van der Waals surface area contributed by atoms with Gasteiger partial charge in [0.25, 0.3) is 0 Å². The molecule has 1 unspecified atom stereocenters. The molecule has 0 saturated carbocycles. The number of hydrogen-bond acceptors (Lipinski definition) is 4. The average molecular weight is 241 g/mol. The molecule has 2 saturated heterocycles. The smallest absolute Gasteiger partial charge is 0.0620 e. The van der Waals surface area contributed by atoms with Crippen molar-refractivity contribution in [2.45, 2.75) is 25.8 Å². The average Bonchev–Trinajstić information content (AvgIpc) is 2.40. The Bertz CT molecular complexity index is 199. The number of nitrogens with zero attached hydrogens (tertiary/aromatic N) is 2. The van der Waals surface area contributed by atoms with E-state index in [1.165, 1.54) is 52.1 Å². The predicted molar refractivity (Wildman–Crippen MR) is 70.4 cm³/mol. The highest BCUT2D eigenvalue weighted by molar-refractivity contribution is 4.76. The van der Waals surface area contributed by atoms with Gasteiger partial charge in [0.15, 0.2) is 0 Å². The highest BCUT2D eigenvalue weighted by Gasteiger charge is 2.18. The molecular formula is C13H27N3O. The van der Waals surface area contributed by atoms with Crippen LogP contribution >= 0.6 is 0 Å². The van der Waals surface area contributed by atoms with E-state index in [4.69, 9.17) is 4.74 Å². The van der Waals surface area contributed by atoms with Crippen molar-refractivity contribution in [2.75, 3.05) is 59.0 Å². The first-order chi connectivity index (χ1) is 8.38. The zero-order valence-corrected chi connectivity index (χ0v) is 11.2. The molecule has 0 aromatic carbocycles. The quantitative estimate of drug-likeness (QED) is 0.754. The predicted octanol–water partition coefficient (Wildman–Crippen LogP) is 0.393. The second-order valence-electron chi connectivity index (χ2n) is 5.20. The molecule has 0 aromatic rings. The highest BCUT2D eigenvalue weighted by atomic mass is 16.5. The van der Waals surface area contributed by atoms with Crippen LogP contribution in [0.5, 0.6) is 0 Å². The van der Waals surface area contributed by atoms with Crippen LogP contribution in [0, 0.1) is 0 Å². The van der Waals surface area contributed by atoms with Gasteiger partial charge in [-0.25, -0.2) is 0 Å². The fourth-order valence-corrected chi connectivity index (χ4v) is 2.70. The van der Waals surface area contributed by atoms with E-state index in [0.717, 1.165) is 19.8 Å². The summed E-state index contributed by atoms with van der Waals surface area (Å²) in [6.45, 7) is 12.6. The summed E-state index contributed by atoms with van der Waals surface area (Å²) in [5.74, 6) is 0. The fraction of sp³-hybridized carbons (Fsp3) is 1.00. The monoisotopic (exact) mass is 241 g/mol. The van der Waals surface area contributed by atoms with Crippen LogP contribution in [0.1, 0.15) is 19.8 Å². The molecule has 2 aliphatic heterocycles. The molecule has 2 heterocycles. The first-order valence-corrected chi connectivity index (χ1v) is 7.14. The lowest BCUT2D eigenvalue weighted by atomic mass is 10.2. The summed E-state index contributed by atoms with van der Waals surface area (Å²) in [6, 6.07) is 0.581. The van der Waals surface area contributed by atoms with Crippen molar-refractivity contribution in [1.29, 1.82) is 0 Å². The van der Waals surface area contributed by atoms with Gasteiger partial charge >= 0.3 is 0 Å². The summed E-state index contributed by atoms with van der Waals surface area (Å²) in [6.07, 6.45) is 2.51. The topological polar surface area (TPSA) is 27.7 Å².